The predicted molar refractivity (Wildman–Crippen MR) is 85.5 cm³/mol. The van der Waals surface area contributed by atoms with Gasteiger partial charge in [0.2, 0.25) is 0 Å². The minimum atomic E-state index is -3.59. The number of benzene rings is 1. The number of methoxy groups -OCH3 is 1. The minimum Gasteiger partial charge on any atom is -0.497 e. The average molecular weight is 326 g/mol. The van der Waals surface area contributed by atoms with Crippen molar-refractivity contribution in [1.29, 1.82) is 0 Å². The van der Waals surface area contributed by atoms with Gasteiger partial charge in [-0.15, -0.1) is 11.3 Å². The van der Waals surface area contributed by atoms with E-state index < -0.39 is 10.0 Å². The van der Waals surface area contributed by atoms with Gasteiger partial charge in [-0.05, 0) is 30.1 Å². The van der Waals surface area contributed by atoms with Crippen LogP contribution >= 0.6 is 11.3 Å². The average Bonchev–Trinajstić information content (AvgIpc) is 2.94. The van der Waals surface area contributed by atoms with E-state index in [4.69, 9.17) is 4.74 Å². The van der Waals surface area contributed by atoms with E-state index in [1.165, 1.54) is 11.3 Å². The first kappa shape index (κ1) is 15.8. The van der Waals surface area contributed by atoms with Crippen molar-refractivity contribution in [3.8, 4) is 5.75 Å². The predicted octanol–water partition coefficient (Wildman–Crippen LogP) is 2.67. The van der Waals surface area contributed by atoms with Gasteiger partial charge in [0.15, 0.2) is 0 Å². The van der Waals surface area contributed by atoms with Gasteiger partial charge in [0.05, 0.1) is 12.8 Å². The molecule has 2 rings (SSSR count). The number of thiophene rings is 1. The smallest absolute Gasteiger partial charge is 0.263 e. The molecule has 1 aromatic heterocycles. The third kappa shape index (κ3) is 3.96. The maximum atomic E-state index is 12.5. The highest BCUT2D eigenvalue weighted by Gasteiger charge is 2.19. The summed E-state index contributed by atoms with van der Waals surface area (Å²) in [5.74, 6) is 0.605. The van der Waals surface area contributed by atoms with Gasteiger partial charge in [-0.3, -0.25) is 4.72 Å². The number of ether oxygens (including phenoxy) is 1. The summed E-state index contributed by atoms with van der Waals surface area (Å²) in [4.78, 5) is 1.11. The molecular weight excluding hydrogens is 308 g/mol. The van der Waals surface area contributed by atoms with Crippen LogP contribution < -0.4 is 14.8 Å². The molecule has 0 saturated carbocycles. The largest absolute Gasteiger partial charge is 0.497 e. The van der Waals surface area contributed by atoms with E-state index in [0.29, 0.717) is 22.9 Å². The molecule has 114 valence electrons. The van der Waals surface area contributed by atoms with E-state index in [9.17, 15) is 8.42 Å². The van der Waals surface area contributed by atoms with Gasteiger partial charge in [-0.25, -0.2) is 8.42 Å². The summed E-state index contributed by atoms with van der Waals surface area (Å²) in [6, 6.07) is 8.47. The Balaban J connectivity index is 2.23. The van der Waals surface area contributed by atoms with Crippen molar-refractivity contribution in [2.75, 3.05) is 18.4 Å². The van der Waals surface area contributed by atoms with Crippen molar-refractivity contribution < 1.29 is 13.2 Å². The lowest BCUT2D eigenvalue weighted by Gasteiger charge is -2.10. The molecule has 0 fully saturated rings. The van der Waals surface area contributed by atoms with Crippen LogP contribution in [-0.4, -0.2) is 22.1 Å². The second-order valence-electron chi connectivity index (χ2n) is 4.33. The Hall–Kier alpha value is -1.57. The van der Waals surface area contributed by atoms with Crippen LogP contribution in [0, 0.1) is 0 Å². The van der Waals surface area contributed by atoms with Gasteiger partial charge in [0, 0.05) is 17.5 Å². The molecule has 0 saturated heterocycles. The second kappa shape index (κ2) is 6.93. The summed E-state index contributed by atoms with van der Waals surface area (Å²) in [6.07, 6.45) is 0. The van der Waals surface area contributed by atoms with Gasteiger partial charge in [-0.1, -0.05) is 13.0 Å². The van der Waals surface area contributed by atoms with E-state index in [2.05, 4.69) is 10.0 Å². The molecule has 0 atom stereocenters. The van der Waals surface area contributed by atoms with E-state index >= 15 is 0 Å². The number of nitrogens with one attached hydrogen (secondary N) is 2. The van der Waals surface area contributed by atoms with Crippen LogP contribution in [-0.2, 0) is 16.6 Å². The Morgan fingerprint density at radius 2 is 2.10 bits per heavy atom. The molecule has 0 bridgehead atoms. The van der Waals surface area contributed by atoms with Crippen LogP contribution in [0.25, 0.3) is 0 Å². The monoisotopic (exact) mass is 326 g/mol. The fraction of sp³-hybridized carbons (Fsp3) is 0.286. The lowest BCUT2D eigenvalue weighted by atomic mass is 10.3. The quantitative estimate of drug-likeness (QED) is 0.821. The summed E-state index contributed by atoms with van der Waals surface area (Å²) < 4.78 is 32.6. The third-order valence-corrected chi connectivity index (χ3v) is 5.37. The highest BCUT2D eigenvalue weighted by atomic mass is 32.2. The molecule has 0 radical (unpaired) electrons. The first-order valence-electron chi connectivity index (χ1n) is 6.50. The molecule has 1 heterocycles. The van der Waals surface area contributed by atoms with Crippen molar-refractivity contribution in [3.63, 3.8) is 0 Å². The maximum absolute atomic E-state index is 12.5. The molecular formula is C14H18N2O3S2. The van der Waals surface area contributed by atoms with Crippen LogP contribution in [0.4, 0.5) is 5.69 Å². The number of hydrogen-bond acceptors (Lipinski definition) is 5. The summed E-state index contributed by atoms with van der Waals surface area (Å²) in [6.45, 7) is 3.32. The van der Waals surface area contributed by atoms with Gasteiger partial charge in [0.1, 0.15) is 10.6 Å². The molecule has 5 nitrogen and oxygen atoms in total. The minimum absolute atomic E-state index is 0.316. The topological polar surface area (TPSA) is 67.4 Å². The maximum Gasteiger partial charge on any atom is 0.263 e. The Labute approximate surface area is 129 Å². The number of anilines is 1. The molecule has 0 amide bonds. The van der Waals surface area contributed by atoms with E-state index in [-0.39, 0.29) is 0 Å². The first-order valence-corrected chi connectivity index (χ1v) is 8.87. The Bertz CT molecular complexity index is 696. The Kier molecular flexibility index (Phi) is 5.22. The molecule has 0 unspecified atom stereocenters. The summed E-state index contributed by atoms with van der Waals surface area (Å²) in [5, 5.41) is 4.93. The summed E-state index contributed by atoms with van der Waals surface area (Å²) in [7, 11) is -2.05. The number of sulfonamides is 1. The van der Waals surface area contributed by atoms with E-state index in [1.807, 2.05) is 6.92 Å². The van der Waals surface area contributed by atoms with Gasteiger partial charge in [-0.2, -0.15) is 0 Å². The standard InChI is InChI=1S/C14H18N2O3S2/c1-3-15-10-13-14(7-8-20-13)21(17,18)16-11-5-4-6-12(9-11)19-2/h4-9,15-16H,3,10H2,1-2H3. The summed E-state index contributed by atoms with van der Waals surface area (Å²) in [5.41, 5.74) is 0.481. The molecule has 2 N–H and O–H groups in total. The highest BCUT2D eigenvalue weighted by Crippen LogP contribution is 2.25. The van der Waals surface area contributed by atoms with Crippen LogP contribution in [0.2, 0.25) is 0 Å². The van der Waals surface area contributed by atoms with Crippen molar-refractivity contribution >= 4 is 27.0 Å². The Morgan fingerprint density at radius 1 is 1.29 bits per heavy atom. The fourth-order valence-electron chi connectivity index (χ4n) is 1.83. The van der Waals surface area contributed by atoms with Gasteiger partial charge < -0.3 is 10.1 Å². The Morgan fingerprint density at radius 3 is 2.81 bits per heavy atom. The van der Waals surface area contributed by atoms with Gasteiger partial charge >= 0.3 is 0 Å². The highest BCUT2D eigenvalue weighted by molar-refractivity contribution is 7.93. The van der Waals surface area contributed by atoms with Crippen LogP contribution in [0.3, 0.4) is 0 Å². The fourth-order valence-corrected chi connectivity index (χ4v) is 4.30. The van der Waals surface area contributed by atoms with Crippen molar-refractivity contribution in [2.45, 2.75) is 18.4 Å². The van der Waals surface area contributed by atoms with Crippen molar-refractivity contribution in [1.82, 2.24) is 5.32 Å². The van der Waals surface area contributed by atoms with Crippen molar-refractivity contribution in [2.24, 2.45) is 0 Å². The summed E-state index contributed by atoms with van der Waals surface area (Å²) >= 11 is 1.43. The van der Waals surface area contributed by atoms with E-state index in [0.717, 1.165) is 11.4 Å². The molecule has 21 heavy (non-hydrogen) atoms. The molecule has 2 aromatic rings. The molecule has 0 aliphatic heterocycles. The van der Waals surface area contributed by atoms with Gasteiger partial charge in [0.25, 0.3) is 10.0 Å². The molecule has 0 aliphatic carbocycles. The molecule has 7 heteroatoms. The van der Waals surface area contributed by atoms with E-state index in [1.54, 1.807) is 42.8 Å². The third-order valence-electron chi connectivity index (χ3n) is 2.85. The molecule has 0 aliphatic rings. The molecule has 1 aromatic carbocycles. The second-order valence-corrected chi connectivity index (χ2v) is 6.98. The lowest BCUT2D eigenvalue weighted by Crippen LogP contribution is -2.17. The zero-order valence-corrected chi connectivity index (χ0v) is 13.6. The lowest BCUT2D eigenvalue weighted by molar-refractivity contribution is 0.415. The SMILES string of the molecule is CCNCc1sccc1S(=O)(=O)Nc1cccc(OC)c1. The normalized spacial score (nSPS) is 11.3. The van der Waals surface area contributed by atoms with Crippen LogP contribution in [0.5, 0.6) is 5.75 Å². The van der Waals surface area contributed by atoms with Crippen LogP contribution in [0.1, 0.15) is 11.8 Å². The number of rotatable bonds is 7. The van der Waals surface area contributed by atoms with Crippen LogP contribution in [0.15, 0.2) is 40.6 Å². The van der Waals surface area contributed by atoms with Crippen molar-refractivity contribution in [3.05, 3.63) is 40.6 Å². The number of hydrogen-bond donors (Lipinski definition) is 2. The zero-order chi connectivity index (χ0) is 15.3. The zero-order valence-electron chi connectivity index (χ0n) is 11.9. The molecule has 0 spiro atoms. The first-order chi connectivity index (χ1) is 10.1.